The van der Waals surface area contributed by atoms with Gasteiger partial charge in [-0.3, -0.25) is 0 Å². The van der Waals surface area contributed by atoms with E-state index in [1.165, 1.54) is 0 Å². The molecule has 5 heteroatoms. The van der Waals surface area contributed by atoms with Gasteiger partial charge in [-0.2, -0.15) is 0 Å². The van der Waals surface area contributed by atoms with E-state index in [1.807, 2.05) is 13.0 Å². The van der Waals surface area contributed by atoms with Gasteiger partial charge in [0.05, 0.1) is 4.47 Å². The van der Waals surface area contributed by atoms with Gasteiger partial charge in [-0.15, -0.1) is 0 Å². The first kappa shape index (κ1) is 11.4. The zero-order valence-electron chi connectivity index (χ0n) is 7.73. The van der Waals surface area contributed by atoms with Crippen LogP contribution in [0.3, 0.4) is 0 Å². The molecule has 0 aliphatic rings. The Labute approximate surface area is 89.9 Å². The molecule has 1 heterocycles. The highest BCUT2D eigenvalue weighted by atomic mass is 79.9. The number of pyridine rings is 1. The SMILES string of the molecule is Cc1cnc(NCCC(F)F)c(Br)c1. The topological polar surface area (TPSA) is 24.9 Å². The molecule has 0 saturated heterocycles. The van der Waals surface area contributed by atoms with Crippen molar-refractivity contribution >= 4 is 21.7 Å². The fourth-order valence-electron chi connectivity index (χ4n) is 0.963. The number of rotatable bonds is 4. The highest BCUT2D eigenvalue weighted by molar-refractivity contribution is 9.10. The Morgan fingerprint density at radius 3 is 2.86 bits per heavy atom. The maximum absolute atomic E-state index is 11.8. The van der Waals surface area contributed by atoms with Crippen LogP contribution in [0.5, 0.6) is 0 Å². The van der Waals surface area contributed by atoms with Crippen LogP contribution >= 0.6 is 15.9 Å². The van der Waals surface area contributed by atoms with Crippen molar-refractivity contribution in [2.24, 2.45) is 0 Å². The van der Waals surface area contributed by atoms with Crippen molar-refractivity contribution in [2.45, 2.75) is 19.8 Å². The molecule has 1 aromatic heterocycles. The normalized spacial score (nSPS) is 10.6. The lowest BCUT2D eigenvalue weighted by atomic mass is 10.3. The smallest absolute Gasteiger partial charge is 0.240 e. The van der Waals surface area contributed by atoms with Crippen LogP contribution in [0.2, 0.25) is 0 Å². The Morgan fingerprint density at radius 2 is 2.29 bits per heavy atom. The Hall–Kier alpha value is -0.710. The molecule has 0 bridgehead atoms. The highest BCUT2D eigenvalue weighted by Crippen LogP contribution is 2.20. The Balaban J connectivity index is 2.51. The molecule has 0 unspecified atom stereocenters. The van der Waals surface area contributed by atoms with Gasteiger partial charge >= 0.3 is 0 Å². The molecule has 0 spiro atoms. The number of hydrogen-bond donors (Lipinski definition) is 1. The number of nitrogens with zero attached hydrogens (tertiary/aromatic N) is 1. The molecular weight excluding hydrogens is 254 g/mol. The summed E-state index contributed by atoms with van der Waals surface area (Å²) in [5.41, 5.74) is 1.02. The van der Waals surface area contributed by atoms with Crippen molar-refractivity contribution in [1.82, 2.24) is 4.98 Å². The summed E-state index contributed by atoms with van der Waals surface area (Å²) in [6.07, 6.45) is -0.746. The quantitative estimate of drug-likeness (QED) is 0.904. The van der Waals surface area contributed by atoms with Crippen LogP contribution in [0.15, 0.2) is 16.7 Å². The van der Waals surface area contributed by atoms with E-state index in [-0.39, 0.29) is 13.0 Å². The summed E-state index contributed by atoms with van der Waals surface area (Å²) >= 11 is 3.30. The average molecular weight is 265 g/mol. The van der Waals surface area contributed by atoms with Crippen LogP contribution < -0.4 is 5.32 Å². The molecule has 2 nitrogen and oxygen atoms in total. The predicted molar refractivity (Wildman–Crippen MR) is 55.8 cm³/mol. The Bertz CT molecular complexity index is 305. The van der Waals surface area contributed by atoms with Gasteiger partial charge < -0.3 is 5.32 Å². The molecule has 0 amide bonds. The highest BCUT2D eigenvalue weighted by Gasteiger charge is 2.04. The third kappa shape index (κ3) is 3.57. The van der Waals surface area contributed by atoms with Crippen molar-refractivity contribution in [3.8, 4) is 0 Å². The van der Waals surface area contributed by atoms with E-state index in [0.29, 0.717) is 5.82 Å². The van der Waals surface area contributed by atoms with Gasteiger partial charge in [-0.1, -0.05) is 0 Å². The van der Waals surface area contributed by atoms with Gasteiger partial charge in [-0.25, -0.2) is 13.8 Å². The summed E-state index contributed by atoms with van der Waals surface area (Å²) in [6, 6.07) is 1.89. The van der Waals surface area contributed by atoms with Gasteiger partial charge in [0.15, 0.2) is 0 Å². The maximum Gasteiger partial charge on any atom is 0.240 e. The van der Waals surface area contributed by atoms with Crippen molar-refractivity contribution in [3.05, 3.63) is 22.3 Å². The third-order valence-corrected chi connectivity index (χ3v) is 2.24. The number of nitrogens with one attached hydrogen (secondary N) is 1. The zero-order valence-corrected chi connectivity index (χ0v) is 9.31. The van der Waals surface area contributed by atoms with Gasteiger partial charge in [0, 0.05) is 19.2 Å². The number of aryl methyl sites for hydroxylation is 1. The standard InChI is InChI=1S/C9H11BrF2N2/c1-6-4-7(10)9(14-5-6)13-3-2-8(11)12/h4-5,8H,2-3H2,1H3,(H,13,14). The lowest BCUT2D eigenvalue weighted by Gasteiger charge is -2.07. The van der Waals surface area contributed by atoms with Crippen LogP contribution in [0.4, 0.5) is 14.6 Å². The second-order valence-corrected chi connectivity index (χ2v) is 3.80. The maximum atomic E-state index is 11.8. The second-order valence-electron chi connectivity index (χ2n) is 2.95. The van der Waals surface area contributed by atoms with Gasteiger partial charge in [0.25, 0.3) is 0 Å². The first-order valence-corrected chi connectivity index (χ1v) is 5.03. The first-order chi connectivity index (χ1) is 6.59. The molecule has 0 fully saturated rings. The van der Waals surface area contributed by atoms with Crippen LogP contribution in [0, 0.1) is 6.92 Å². The molecule has 0 aliphatic heterocycles. The number of halogens is 3. The van der Waals surface area contributed by atoms with E-state index in [1.54, 1.807) is 6.20 Å². The van der Waals surface area contributed by atoms with Crippen molar-refractivity contribution in [3.63, 3.8) is 0 Å². The fraction of sp³-hybridized carbons (Fsp3) is 0.444. The number of aromatic nitrogens is 1. The van der Waals surface area contributed by atoms with E-state index in [9.17, 15) is 8.78 Å². The van der Waals surface area contributed by atoms with Crippen LogP contribution in [0.25, 0.3) is 0 Å². The third-order valence-electron chi connectivity index (χ3n) is 1.63. The van der Waals surface area contributed by atoms with Crippen molar-refractivity contribution in [1.29, 1.82) is 0 Å². The van der Waals surface area contributed by atoms with Crippen LogP contribution in [0.1, 0.15) is 12.0 Å². The van der Waals surface area contributed by atoms with Crippen LogP contribution in [-0.2, 0) is 0 Å². The average Bonchev–Trinajstić information content (AvgIpc) is 2.08. The monoisotopic (exact) mass is 264 g/mol. The van der Waals surface area contributed by atoms with E-state index in [2.05, 4.69) is 26.2 Å². The minimum Gasteiger partial charge on any atom is -0.369 e. The first-order valence-electron chi connectivity index (χ1n) is 4.24. The second kappa shape index (κ2) is 5.24. The fourth-order valence-corrected chi connectivity index (χ4v) is 1.57. The molecule has 1 aromatic rings. The molecule has 1 N–H and O–H groups in total. The zero-order chi connectivity index (χ0) is 10.6. The van der Waals surface area contributed by atoms with Gasteiger partial charge in [-0.05, 0) is 34.5 Å². The lowest BCUT2D eigenvalue weighted by Crippen LogP contribution is -2.07. The summed E-state index contributed by atoms with van der Waals surface area (Å²) < 4.78 is 24.5. The van der Waals surface area contributed by atoms with Crippen LogP contribution in [-0.4, -0.2) is 18.0 Å². The minimum absolute atomic E-state index is 0.165. The molecule has 0 aliphatic carbocycles. The summed E-state index contributed by atoms with van der Waals surface area (Å²) in [5, 5.41) is 2.83. The Morgan fingerprint density at radius 1 is 1.57 bits per heavy atom. The van der Waals surface area contributed by atoms with E-state index in [0.717, 1.165) is 10.0 Å². The lowest BCUT2D eigenvalue weighted by molar-refractivity contribution is 0.142. The number of hydrogen-bond acceptors (Lipinski definition) is 2. The molecule has 0 radical (unpaired) electrons. The van der Waals surface area contributed by atoms with Gasteiger partial charge in [0.1, 0.15) is 5.82 Å². The molecule has 1 rings (SSSR count). The van der Waals surface area contributed by atoms with Gasteiger partial charge in [0.2, 0.25) is 6.43 Å². The molecule has 0 atom stereocenters. The van der Waals surface area contributed by atoms with Crippen molar-refractivity contribution < 1.29 is 8.78 Å². The molecule has 14 heavy (non-hydrogen) atoms. The summed E-state index contributed by atoms with van der Waals surface area (Å²) in [7, 11) is 0. The molecule has 0 aromatic carbocycles. The predicted octanol–water partition coefficient (Wildman–Crippen LogP) is 3.22. The van der Waals surface area contributed by atoms with E-state index in [4.69, 9.17) is 0 Å². The molecule has 0 saturated carbocycles. The summed E-state index contributed by atoms with van der Waals surface area (Å²) in [5.74, 6) is 0.608. The molecule has 78 valence electrons. The molecular formula is C9H11BrF2N2. The minimum atomic E-state index is -2.27. The number of anilines is 1. The largest absolute Gasteiger partial charge is 0.369 e. The Kier molecular flexibility index (Phi) is 4.25. The number of alkyl halides is 2. The van der Waals surface area contributed by atoms with Crippen molar-refractivity contribution in [2.75, 3.05) is 11.9 Å². The summed E-state index contributed by atoms with van der Waals surface area (Å²) in [4.78, 5) is 4.07. The summed E-state index contributed by atoms with van der Waals surface area (Å²) in [6.45, 7) is 2.15. The van der Waals surface area contributed by atoms with E-state index >= 15 is 0 Å². The van der Waals surface area contributed by atoms with E-state index < -0.39 is 6.43 Å².